The minimum Gasteiger partial charge on any atom is -0.480 e. The predicted octanol–water partition coefficient (Wildman–Crippen LogP) is 0.856. The van der Waals surface area contributed by atoms with Crippen molar-refractivity contribution in [1.82, 2.24) is 4.72 Å². The van der Waals surface area contributed by atoms with Crippen LogP contribution >= 0.6 is 0 Å². The number of sulfonamides is 1. The van der Waals surface area contributed by atoms with Gasteiger partial charge in [-0.25, -0.2) is 8.42 Å². The Hall–Kier alpha value is -0.620. The number of rotatable bonds is 4. The molecular weight excluding hydrogens is 230 g/mol. The van der Waals surface area contributed by atoms with Crippen molar-refractivity contribution >= 4 is 16.0 Å². The number of aliphatic carboxylic acids is 1. The highest BCUT2D eigenvalue weighted by Crippen LogP contribution is 2.34. The molecule has 0 radical (unpaired) electrons. The summed E-state index contributed by atoms with van der Waals surface area (Å²) in [6.45, 7) is 0. The second-order valence-corrected chi connectivity index (χ2v) is 6.76. The van der Waals surface area contributed by atoms with E-state index in [9.17, 15) is 13.2 Å². The smallest absolute Gasteiger partial charge is 0.324 e. The van der Waals surface area contributed by atoms with Crippen molar-refractivity contribution in [1.29, 1.82) is 0 Å². The molecule has 0 aliphatic heterocycles. The second kappa shape index (κ2) is 4.00. The van der Waals surface area contributed by atoms with Crippen LogP contribution in [-0.4, -0.2) is 30.3 Å². The van der Waals surface area contributed by atoms with Crippen LogP contribution in [0.2, 0.25) is 0 Å². The number of hydrogen-bond donors (Lipinski definition) is 2. The molecule has 0 atom stereocenters. The van der Waals surface area contributed by atoms with E-state index in [-0.39, 0.29) is 5.25 Å². The Morgan fingerprint density at radius 3 is 2.12 bits per heavy atom. The van der Waals surface area contributed by atoms with E-state index in [0.29, 0.717) is 25.7 Å². The van der Waals surface area contributed by atoms with Gasteiger partial charge in [-0.15, -0.1) is 0 Å². The zero-order valence-electron chi connectivity index (χ0n) is 9.11. The molecule has 0 spiro atoms. The summed E-state index contributed by atoms with van der Waals surface area (Å²) in [4.78, 5) is 11.1. The third kappa shape index (κ3) is 1.96. The van der Waals surface area contributed by atoms with Crippen LogP contribution < -0.4 is 4.72 Å². The molecule has 0 unspecified atom stereocenters. The van der Waals surface area contributed by atoms with Gasteiger partial charge in [0.25, 0.3) is 0 Å². The highest BCUT2D eigenvalue weighted by Gasteiger charge is 2.48. The van der Waals surface area contributed by atoms with Crippen LogP contribution in [0.4, 0.5) is 0 Å². The van der Waals surface area contributed by atoms with Gasteiger partial charge in [-0.1, -0.05) is 12.8 Å². The standard InChI is InChI=1S/C10H17NO4S/c12-9(13)10(6-3-7-10)11-16(14,15)8-4-1-2-5-8/h8,11H,1-7H2,(H,12,13). The average Bonchev–Trinajstić information content (AvgIpc) is 2.63. The summed E-state index contributed by atoms with van der Waals surface area (Å²) in [5.41, 5.74) is -1.21. The Labute approximate surface area is 95.3 Å². The number of carboxylic acid groups (broad SMARTS) is 1. The third-order valence-corrected chi connectivity index (χ3v) is 5.72. The molecular formula is C10H17NO4S. The molecule has 2 saturated carbocycles. The normalized spacial score (nSPS) is 25.2. The maximum Gasteiger partial charge on any atom is 0.324 e. The number of nitrogens with one attached hydrogen (secondary N) is 1. The topological polar surface area (TPSA) is 83.5 Å². The van der Waals surface area contributed by atoms with Gasteiger partial charge in [-0.2, -0.15) is 4.72 Å². The Balaban J connectivity index is 2.10. The van der Waals surface area contributed by atoms with Crippen LogP contribution in [0.15, 0.2) is 0 Å². The molecule has 0 saturated heterocycles. The monoisotopic (exact) mass is 247 g/mol. The van der Waals surface area contributed by atoms with E-state index in [2.05, 4.69) is 4.72 Å². The molecule has 2 N–H and O–H groups in total. The number of carbonyl (C=O) groups is 1. The lowest BCUT2D eigenvalue weighted by Gasteiger charge is -2.38. The number of carboxylic acids is 1. The van der Waals surface area contributed by atoms with E-state index in [1.54, 1.807) is 0 Å². The lowest BCUT2D eigenvalue weighted by molar-refractivity contribution is -0.147. The van der Waals surface area contributed by atoms with Crippen molar-refractivity contribution < 1.29 is 18.3 Å². The quantitative estimate of drug-likeness (QED) is 0.771. The van der Waals surface area contributed by atoms with Crippen molar-refractivity contribution in [3.8, 4) is 0 Å². The second-order valence-electron chi connectivity index (χ2n) is 4.79. The molecule has 0 heterocycles. The Morgan fingerprint density at radius 1 is 1.19 bits per heavy atom. The van der Waals surface area contributed by atoms with Crippen molar-refractivity contribution in [3.63, 3.8) is 0 Å². The first kappa shape index (κ1) is 11.9. The van der Waals surface area contributed by atoms with Gasteiger partial charge in [0, 0.05) is 0 Å². The van der Waals surface area contributed by atoms with Crippen molar-refractivity contribution in [3.05, 3.63) is 0 Å². The zero-order chi connectivity index (χ0) is 11.8. The first-order valence-corrected chi connectivity index (χ1v) is 7.27. The molecule has 0 amide bonds. The fourth-order valence-corrected chi connectivity index (χ4v) is 4.40. The first-order valence-electron chi connectivity index (χ1n) is 5.72. The fourth-order valence-electron chi connectivity index (χ4n) is 2.44. The predicted molar refractivity (Wildman–Crippen MR) is 58.5 cm³/mol. The van der Waals surface area contributed by atoms with E-state index < -0.39 is 21.5 Å². The lowest BCUT2D eigenvalue weighted by Crippen LogP contribution is -2.60. The molecule has 0 aromatic rings. The van der Waals surface area contributed by atoms with Gasteiger partial charge in [0.2, 0.25) is 10.0 Å². The maximum absolute atomic E-state index is 12.0. The summed E-state index contributed by atoms with van der Waals surface area (Å²) in [6, 6.07) is 0. The Bertz CT molecular complexity index is 380. The fraction of sp³-hybridized carbons (Fsp3) is 0.900. The molecule has 2 aliphatic rings. The van der Waals surface area contributed by atoms with Gasteiger partial charge in [-0.3, -0.25) is 4.79 Å². The molecule has 0 bridgehead atoms. The molecule has 16 heavy (non-hydrogen) atoms. The van der Waals surface area contributed by atoms with E-state index >= 15 is 0 Å². The van der Waals surface area contributed by atoms with Crippen LogP contribution in [0.25, 0.3) is 0 Å². The Kier molecular flexibility index (Phi) is 2.96. The summed E-state index contributed by atoms with van der Waals surface area (Å²) in [5.74, 6) is -1.04. The average molecular weight is 247 g/mol. The van der Waals surface area contributed by atoms with Crippen molar-refractivity contribution in [2.45, 2.75) is 55.7 Å². The summed E-state index contributed by atoms with van der Waals surface area (Å²) in [5, 5.41) is 8.68. The molecule has 0 aromatic heterocycles. The zero-order valence-corrected chi connectivity index (χ0v) is 9.92. The van der Waals surface area contributed by atoms with Gasteiger partial charge in [-0.05, 0) is 32.1 Å². The minimum absolute atomic E-state index is 0.385. The molecule has 2 rings (SSSR count). The van der Waals surface area contributed by atoms with Crippen LogP contribution in [0.5, 0.6) is 0 Å². The maximum atomic E-state index is 12.0. The molecule has 6 heteroatoms. The molecule has 0 aromatic carbocycles. The van der Waals surface area contributed by atoms with Crippen molar-refractivity contribution in [2.24, 2.45) is 0 Å². The van der Waals surface area contributed by atoms with E-state index in [4.69, 9.17) is 5.11 Å². The Morgan fingerprint density at radius 2 is 1.75 bits per heavy atom. The van der Waals surface area contributed by atoms with Crippen LogP contribution in [-0.2, 0) is 14.8 Å². The summed E-state index contributed by atoms with van der Waals surface area (Å²) >= 11 is 0. The highest BCUT2D eigenvalue weighted by molar-refractivity contribution is 7.90. The summed E-state index contributed by atoms with van der Waals surface area (Å²) < 4.78 is 26.4. The van der Waals surface area contributed by atoms with Gasteiger partial charge in [0.1, 0.15) is 5.54 Å². The molecule has 2 fully saturated rings. The van der Waals surface area contributed by atoms with Gasteiger partial charge < -0.3 is 5.11 Å². The van der Waals surface area contributed by atoms with Gasteiger partial charge in [0.05, 0.1) is 5.25 Å². The molecule has 2 aliphatic carbocycles. The summed E-state index contributed by atoms with van der Waals surface area (Å²) in [7, 11) is -3.45. The van der Waals surface area contributed by atoms with Crippen LogP contribution in [0.1, 0.15) is 44.9 Å². The third-order valence-electron chi connectivity index (χ3n) is 3.70. The van der Waals surface area contributed by atoms with E-state index in [1.807, 2.05) is 0 Å². The van der Waals surface area contributed by atoms with Gasteiger partial charge >= 0.3 is 5.97 Å². The molecule has 92 valence electrons. The van der Waals surface area contributed by atoms with E-state index in [1.165, 1.54) is 0 Å². The lowest BCUT2D eigenvalue weighted by atomic mass is 9.78. The minimum atomic E-state index is -3.45. The SMILES string of the molecule is O=C(O)C1(NS(=O)(=O)C2CCCC2)CCC1. The molecule has 5 nitrogen and oxygen atoms in total. The van der Waals surface area contributed by atoms with E-state index in [0.717, 1.165) is 19.3 Å². The van der Waals surface area contributed by atoms with Crippen LogP contribution in [0, 0.1) is 0 Å². The summed E-state index contributed by atoms with van der Waals surface area (Å²) in [6.07, 6.45) is 4.76. The van der Waals surface area contributed by atoms with Crippen molar-refractivity contribution in [2.75, 3.05) is 0 Å². The van der Waals surface area contributed by atoms with Crippen LogP contribution in [0.3, 0.4) is 0 Å². The largest absolute Gasteiger partial charge is 0.480 e. The van der Waals surface area contributed by atoms with Gasteiger partial charge in [0.15, 0.2) is 0 Å². The first-order chi connectivity index (χ1) is 7.46. The highest BCUT2D eigenvalue weighted by atomic mass is 32.2. The number of hydrogen-bond acceptors (Lipinski definition) is 3.